The molecule has 0 amide bonds. The standard InChI is InChI=1S/C53H45O12P/c54-50(42-25-13-4-14-26-42)58-37-46-47(63-51(55)43-27-15-5-16-28-43)48(65-66(57,59-35-38-19-7-1-8-20-38)60-36-39-21-9-2-10-22-39)49(64-52(56)44-29-17-6-18-30-44)53(62-46)61-45-33-31-41(32-34-45)40-23-11-3-12-24-40/h1-34,46-49,53H,35-37H2. The maximum atomic E-state index is 15.3. The van der Waals surface area contributed by atoms with Crippen molar-refractivity contribution in [2.75, 3.05) is 6.61 Å². The maximum absolute atomic E-state index is 15.3. The lowest BCUT2D eigenvalue weighted by atomic mass is 9.98. The van der Waals surface area contributed by atoms with Crippen molar-refractivity contribution in [2.45, 2.75) is 43.9 Å². The van der Waals surface area contributed by atoms with Crippen LogP contribution in [-0.2, 0) is 50.3 Å². The average Bonchev–Trinajstić information content (AvgIpc) is 3.38. The van der Waals surface area contributed by atoms with Crippen LogP contribution in [0.5, 0.6) is 5.75 Å². The summed E-state index contributed by atoms with van der Waals surface area (Å²) >= 11 is 0. The lowest BCUT2D eigenvalue weighted by Crippen LogP contribution is -2.63. The van der Waals surface area contributed by atoms with Gasteiger partial charge in [0.2, 0.25) is 6.29 Å². The highest BCUT2D eigenvalue weighted by Gasteiger charge is 2.55. The van der Waals surface area contributed by atoms with E-state index in [2.05, 4.69) is 0 Å². The summed E-state index contributed by atoms with van der Waals surface area (Å²) in [7, 11) is -4.79. The Morgan fingerprint density at radius 2 is 0.864 bits per heavy atom. The van der Waals surface area contributed by atoms with Gasteiger partial charge in [0.05, 0.1) is 29.9 Å². The third-order valence-electron chi connectivity index (χ3n) is 10.4. The van der Waals surface area contributed by atoms with Gasteiger partial charge in [-0.15, -0.1) is 0 Å². The van der Waals surface area contributed by atoms with Crippen LogP contribution in [0.3, 0.4) is 0 Å². The van der Waals surface area contributed by atoms with E-state index in [1.807, 2.05) is 54.6 Å². The van der Waals surface area contributed by atoms with E-state index in [9.17, 15) is 14.4 Å². The fourth-order valence-corrected chi connectivity index (χ4v) is 8.38. The number of rotatable bonds is 18. The summed E-state index contributed by atoms with van der Waals surface area (Å²) in [4.78, 5) is 41.7. The normalized spacial score (nSPS) is 18.1. The van der Waals surface area contributed by atoms with E-state index in [0.717, 1.165) is 11.1 Å². The minimum atomic E-state index is -4.79. The molecule has 0 N–H and O–H groups in total. The Labute approximate surface area is 382 Å². The van der Waals surface area contributed by atoms with Crippen LogP contribution in [-0.4, -0.2) is 55.2 Å². The Hall–Kier alpha value is -7.18. The van der Waals surface area contributed by atoms with E-state index < -0.39 is 63.0 Å². The van der Waals surface area contributed by atoms with Gasteiger partial charge in [0.25, 0.3) is 0 Å². The van der Waals surface area contributed by atoms with Crippen molar-refractivity contribution in [3.05, 3.63) is 234 Å². The molecule has 1 saturated heterocycles. The Kier molecular flexibility index (Phi) is 15.2. The van der Waals surface area contributed by atoms with Crippen molar-refractivity contribution in [3.8, 4) is 16.9 Å². The molecule has 1 aliphatic rings. The van der Waals surface area contributed by atoms with Gasteiger partial charge in [-0.25, -0.2) is 18.9 Å². The largest absolute Gasteiger partial charge is 0.475 e. The van der Waals surface area contributed by atoms with Gasteiger partial charge in [-0.3, -0.25) is 13.6 Å². The van der Waals surface area contributed by atoms with E-state index in [-0.39, 0.29) is 35.7 Å². The minimum Gasteiger partial charge on any atom is -0.461 e. The molecule has 1 fully saturated rings. The van der Waals surface area contributed by atoms with E-state index in [1.54, 1.807) is 152 Å². The molecule has 13 heteroatoms. The number of esters is 3. The van der Waals surface area contributed by atoms with Gasteiger partial charge >= 0.3 is 25.7 Å². The Morgan fingerprint density at radius 3 is 1.35 bits per heavy atom. The van der Waals surface area contributed by atoms with Crippen LogP contribution in [0, 0.1) is 0 Å². The van der Waals surface area contributed by atoms with E-state index in [1.165, 1.54) is 0 Å². The highest BCUT2D eigenvalue weighted by molar-refractivity contribution is 7.48. The summed E-state index contributed by atoms with van der Waals surface area (Å²) in [6, 6.07) is 59.3. The van der Waals surface area contributed by atoms with Crippen molar-refractivity contribution in [2.24, 2.45) is 0 Å². The predicted molar refractivity (Wildman–Crippen MR) is 244 cm³/mol. The number of carbonyl (C=O) groups is 3. The molecule has 7 aromatic carbocycles. The summed E-state index contributed by atoms with van der Waals surface area (Å²) in [5.41, 5.74) is 3.69. The summed E-state index contributed by atoms with van der Waals surface area (Å²) in [6.45, 7) is -0.998. The molecule has 7 aromatic rings. The summed E-state index contributed by atoms with van der Waals surface area (Å²) in [5.74, 6) is -2.10. The van der Waals surface area contributed by atoms with Crippen molar-refractivity contribution in [3.63, 3.8) is 0 Å². The van der Waals surface area contributed by atoms with Crippen LogP contribution < -0.4 is 4.74 Å². The first-order valence-corrected chi connectivity index (χ1v) is 22.6. The summed E-state index contributed by atoms with van der Waals surface area (Å²) in [6.07, 6.45) is -7.98. The molecule has 1 heterocycles. The number of phosphoric ester groups is 1. The van der Waals surface area contributed by atoms with Crippen LogP contribution in [0.2, 0.25) is 0 Å². The summed E-state index contributed by atoms with van der Waals surface area (Å²) in [5, 5.41) is 0. The number of hydrogen-bond donors (Lipinski definition) is 0. The number of carbonyl (C=O) groups excluding carboxylic acids is 3. The highest BCUT2D eigenvalue weighted by Crippen LogP contribution is 2.54. The molecule has 5 atom stereocenters. The minimum absolute atomic E-state index is 0.148. The average molecular weight is 905 g/mol. The lowest BCUT2D eigenvalue weighted by molar-refractivity contribution is -0.273. The molecule has 0 saturated carbocycles. The zero-order chi connectivity index (χ0) is 45.6. The molecule has 5 unspecified atom stereocenters. The first-order valence-electron chi connectivity index (χ1n) is 21.2. The van der Waals surface area contributed by atoms with E-state index in [4.69, 9.17) is 37.3 Å². The highest BCUT2D eigenvalue weighted by atomic mass is 31.2. The quantitative estimate of drug-likeness (QED) is 0.0459. The Morgan fingerprint density at radius 1 is 0.455 bits per heavy atom. The first-order chi connectivity index (χ1) is 32.3. The molecule has 66 heavy (non-hydrogen) atoms. The monoisotopic (exact) mass is 904 g/mol. The molecule has 12 nitrogen and oxygen atoms in total. The Bertz CT molecular complexity index is 2630. The van der Waals surface area contributed by atoms with Crippen molar-refractivity contribution in [1.82, 2.24) is 0 Å². The third kappa shape index (κ3) is 12.1. The molecule has 8 rings (SSSR count). The van der Waals surface area contributed by atoms with Crippen LogP contribution >= 0.6 is 7.82 Å². The second kappa shape index (κ2) is 22.1. The lowest BCUT2D eigenvalue weighted by Gasteiger charge is -2.44. The smallest absolute Gasteiger partial charge is 0.461 e. The molecule has 334 valence electrons. The molecular weight excluding hydrogens is 860 g/mol. The Balaban J connectivity index is 1.22. The molecule has 0 bridgehead atoms. The molecule has 0 aliphatic carbocycles. The van der Waals surface area contributed by atoms with Crippen molar-refractivity contribution >= 4 is 25.7 Å². The number of hydrogen-bond acceptors (Lipinski definition) is 12. The second-order valence-corrected chi connectivity index (χ2v) is 16.6. The molecule has 0 aromatic heterocycles. The van der Waals surface area contributed by atoms with Crippen LogP contribution in [0.15, 0.2) is 206 Å². The molecule has 1 aliphatic heterocycles. The van der Waals surface area contributed by atoms with Crippen molar-refractivity contribution < 1.29 is 56.2 Å². The second-order valence-electron chi connectivity index (χ2n) is 15.0. The zero-order valence-corrected chi connectivity index (χ0v) is 36.4. The topological polar surface area (TPSA) is 142 Å². The van der Waals surface area contributed by atoms with Gasteiger partial charge in [-0.05, 0) is 70.8 Å². The zero-order valence-electron chi connectivity index (χ0n) is 35.5. The SMILES string of the molecule is O=C(OCC1OC(Oc2ccc(-c3ccccc3)cc2)C(OC(=O)c2ccccc2)C(OP(=O)(OCc2ccccc2)OCc2ccccc2)C1OC(=O)c1ccccc1)c1ccccc1. The van der Waals surface area contributed by atoms with Crippen LogP contribution in [0.4, 0.5) is 0 Å². The molecular formula is C53H45O12P. The van der Waals surface area contributed by atoms with Gasteiger partial charge in [0, 0.05) is 0 Å². The van der Waals surface area contributed by atoms with Gasteiger partial charge in [-0.2, -0.15) is 0 Å². The molecule has 0 radical (unpaired) electrons. The number of ether oxygens (including phenoxy) is 5. The molecule has 0 spiro atoms. The van der Waals surface area contributed by atoms with Crippen molar-refractivity contribution in [1.29, 1.82) is 0 Å². The fraction of sp³-hybridized carbons (Fsp3) is 0.151. The van der Waals surface area contributed by atoms with Crippen LogP contribution in [0.25, 0.3) is 11.1 Å². The van der Waals surface area contributed by atoms with E-state index >= 15 is 4.57 Å². The third-order valence-corrected chi connectivity index (χ3v) is 11.8. The van der Waals surface area contributed by atoms with Gasteiger partial charge in [0.15, 0.2) is 18.3 Å². The first kappa shape index (κ1) is 45.4. The van der Waals surface area contributed by atoms with Crippen LogP contribution in [0.1, 0.15) is 42.2 Å². The van der Waals surface area contributed by atoms with E-state index in [0.29, 0.717) is 11.1 Å². The predicted octanol–water partition coefficient (Wildman–Crippen LogP) is 10.7. The van der Waals surface area contributed by atoms with Gasteiger partial charge in [-0.1, -0.05) is 158 Å². The van der Waals surface area contributed by atoms with Gasteiger partial charge in [0.1, 0.15) is 18.5 Å². The number of phosphoric acid groups is 1. The van der Waals surface area contributed by atoms with Gasteiger partial charge < -0.3 is 23.7 Å². The summed E-state index contributed by atoms with van der Waals surface area (Å²) < 4.78 is 65.4. The number of benzene rings is 7. The maximum Gasteiger partial charge on any atom is 0.475 e. The fourth-order valence-electron chi connectivity index (χ4n) is 7.04.